The van der Waals surface area contributed by atoms with E-state index in [1.165, 1.54) is 6.07 Å². The fourth-order valence-electron chi connectivity index (χ4n) is 2.77. The van der Waals surface area contributed by atoms with Crippen molar-refractivity contribution in [3.05, 3.63) is 63.6 Å². The van der Waals surface area contributed by atoms with Gasteiger partial charge in [0.15, 0.2) is 5.60 Å². The third-order valence-corrected chi connectivity index (χ3v) is 5.96. The van der Waals surface area contributed by atoms with E-state index in [1.54, 1.807) is 38.3 Å². The summed E-state index contributed by atoms with van der Waals surface area (Å²) in [6.45, 7) is 3.18. The summed E-state index contributed by atoms with van der Waals surface area (Å²) in [5.74, 6) is -1.74. The molecule has 0 fully saturated rings. The van der Waals surface area contributed by atoms with Crippen molar-refractivity contribution in [3.8, 4) is 0 Å². The molecule has 0 spiro atoms. The zero-order valence-electron chi connectivity index (χ0n) is 14.2. The highest BCUT2D eigenvalue weighted by molar-refractivity contribution is 9.10. The molecule has 0 amide bonds. The van der Waals surface area contributed by atoms with Gasteiger partial charge in [-0.05, 0) is 60.1 Å². The second-order valence-corrected chi connectivity index (χ2v) is 8.57. The van der Waals surface area contributed by atoms with Crippen molar-refractivity contribution in [1.82, 2.24) is 0 Å². The van der Waals surface area contributed by atoms with Crippen LogP contribution in [0.4, 0.5) is 8.78 Å². The summed E-state index contributed by atoms with van der Waals surface area (Å²) >= 11 is 3.36. The molecule has 1 atom stereocenters. The van der Waals surface area contributed by atoms with Crippen LogP contribution in [-0.2, 0) is 20.3 Å². The second kappa shape index (κ2) is 6.70. The highest BCUT2D eigenvalue weighted by Gasteiger charge is 2.43. The number of rotatable bonds is 3. The van der Waals surface area contributed by atoms with Gasteiger partial charge in [-0.25, -0.2) is 8.78 Å². The maximum Gasteiger partial charge on any atom is 0.210 e. The van der Waals surface area contributed by atoms with Crippen LogP contribution in [0, 0.1) is 11.6 Å². The summed E-state index contributed by atoms with van der Waals surface area (Å²) in [6.07, 6.45) is 1.55. The maximum atomic E-state index is 14.3. The Kier molecular flexibility index (Phi) is 4.88. The molecule has 26 heavy (non-hydrogen) atoms. The summed E-state index contributed by atoms with van der Waals surface area (Å²) in [4.78, 5) is 13.4. The molecule has 2 aromatic rings. The van der Waals surface area contributed by atoms with E-state index in [-0.39, 0.29) is 16.9 Å². The van der Waals surface area contributed by atoms with Crippen molar-refractivity contribution in [3.63, 3.8) is 0 Å². The molecule has 1 aliphatic heterocycles. The van der Waals surface area contributed by atoms with Gasteiger partial charge >= 0.3 is 0 Å². The third-order valence-electron chi connectivity index (χ3n) is 4.06. The molecule has 0 radical (unpaired) electrons. The Hall–Kier alpha value is -1.86. The van der Waals surface area contributed by atoms with E-state index in [9.17, 15) is 17.8 Å². The zero-order valence-corrected chi connectivity index (χ0v) is 16.6. The number of benzene rings is 2. The maximum absolute atomic E-state index is 14.3. The van der Waals surface area contributed by atoms with E-state index >= 15 is 0 Å². The molecule has 3 rings (SSSR count). The van der Waals surface area contributed by atoms with Gasteiger partial charge in [-0.3, -0.25) is 9.00 Å². The molecular weight excluding hydrogens is 426 g/mol. The average Bonchev–Trinajstić information content (AvgIpc) is 2.78. The zero-order chi connectivity index (χ0) is 19.2. The minimum absolute atomic E-state index is 0.0174. The van der Waals surface area contributed by atoms with Crippen LogP contribution in [0.25, 0.3) is 11.3 Å². The fraction of sp³-hybridized carbons (Fsp3) is 0.211. The Labute approximate surface area is 160 Å². The first-order valence-electron chi connectivity index (χ1n) is 7.68. The van der Waals surface area contributed by atoms with E-state index in [1.807, 2.05) is 0 Å². The SMILES string of the molecule is CS(=O)c1ccc(C2=C(c3ccc(F)cc3F)C(=O)C(C)(C)O2)cc1Br. The number of hydrogen-bond acceptors (Lipinski definition) is 3. The van der Waals surface area contributed by atoms with Gasteiger partial charge in [-0.15, -0.1) is 0 Å². The number of carbonyl (C=O) groups is 1. The molecule has 0 saturated carbocycles. The van der Waals surface area contributed by atoms with Crippen LogP contribution in [0.1, 0.15) is 25.0 Å². The monoisotopic (exact) mass is 440 g/mol. The number of ketones is 1. The lowest BCUT2D eigenvalue weighted by Crippen LogP contribution is -2.29. The van der Waals surface area contributed by atoms with Crippen LogP contribution in [0.15, 0.2) is 45.8 Å². The standard InChI is InChI=1S/C19H15BrF2O3S/c1-19(2)18(23)16(12-6-5-11(21)9-14(12)22)17(25-19)10-4-7-15(26(3)24)13(20)8-10/h4-9H,1-3H3. The Bertz CT molecular complexity index is 983. The molecule has 2 aromatic carbocycles. The summed E-state index contributed by atoms with van der Waals surface area (Å²) in [7, 11) is -1.20. The van der Waals surface area contributed by atoms with Crippen LogP contribution in [0.3, 0.4) is 0 Å². The van der Waals surface area contributed by atoms with Crippen molar-refractivity contribution in [2.45, 2.75) is 24.3 Å². The Morgan fingerprint density at radius 2 is 1.81 bits per heavy atom. The first kappa shape index (κ1) is 18.9. The Morgan fingerprint density at radius 1 is 1.12 bits per heavy atom. The topological polar surface area (TPSA) is 43.4 Å². The molecule has 0 bridgehead atoms. The summed E-state index contributed by atoms with van der Waals surface area (Å²) in [5.41, 5.74) is -0.603. The minimum Gasteiger partial charge on any atom is -0.478 e. The number of halogens is 3. The van der Waals surface area contributed by atoms with Gasteiger partial charge in [0, 0.05) is 27.9 Å². The quantitative estimate of drug-likeness (QED) is 0.693. The van der Waals surface area contributed by atoms with Gasteiger partial charge in [0.25, 0.3) is 0 Å². The van der Waals surface area contributed by atoms with Crippen LogP contribution in [0.2, 0.25) is 0 Å². The molecule has 1 aliphatic rings. The molecule has 0 aliphatic carbocycles. The molecule has 0 saturated heterocycles. The molecule has 136 valence electrons. The van der Waals surface area contributed by atoms with Gasteiger partial charge < -0.3 is 4.74 Å². The number of ether oxygens (including phenoxy) is 1. The predicted molar refractivity (Wildman–Crippen MR) is 99.8 cm³/mol. The van der Waals surface area contributed by atoms with Crippen LogP contribution >= 0.6 is 15.9 Å². The number of hydrogen-bond donors (Lipinski definition) is 0. The summed E-state index contributed by atoms with van der Waals surface area (Å²) in [5, 5.41) is 0. The molecule has 1 heterocycles. The molecule has 1 unspecified atom stereocenters. The lowest BCUT2D eigenvalue weighted by molar-refractivity contribution is -0.125. The van der Waals surface area contributed by atoms with Crippen molar-refractivity contribution in [2.75, 3.05) is 6.26 Å². The molecule has 0 N–H and O–H groups in total. The van der Waals surface area contributed by atoms with E-state index < -0.39 is 33.8 Å². The largest absolute Gasteiger partial charge is 0.478 e. The number of carbonyl (C=O) groups excluding carboxylic acids is 1. The second-order valence-electron chi connectivity index (χ2n) is 6.37. The molecular formula is C19H15BrF2O3S. The summed E-state index contributed by atoms with van der Waals surface area (Å²) in [6, 6.07) is 8.04. The average molecular weight is 441 g/mol. The van der Waals surface area contributed by atoms with Crippen molar-refractivity contribution < 1.29 is 22.5 Å². The summed E-state index contributed by atoms with van der Waals surface area (Å²) < 4.78 is 45.7. The van der Waals surface area contributed by atoms with Gasteiger partial charge in [-0.1, -0.05) is 0 Å². The smallest absolute Gasteiger partial charge is 0.210 e. The number of Topliss-reactive ketones (excluding diaryl/α,β-unsaturated/α-hetero) is 1. The van der Waals surface area contributed by atoms with Crippen molar-refractivity contribution >= 4 is 43.8 Å². The van der Waals surface area contributed by atoms with Crippen LogP contribution in [-0.4, -0.2) is 21.8 Å². The highest BCUT2D eigenvalue weighted by Crippen LogP contribution is 2.42. The predicted octanol–water partition coefficient (Wildman–Crippen LogP) is 4.71. The third kappa shape index (κ3) is 3.25. The normalized spacial score (nSPS) is 17.4. The first-order valence-corrected chi connectivity index (χ1v) is 10.0. The van der Waals surface area contributed by atoms with Gasteiger partial charge in [0.2, 0.25) is 5.78 Å². The highest BCUT2D eigenvalue weighted by atomic mass is 79.9. The molecule has 7 heteroatoms. The van der Waals surface area contributed by atoms with E-state index in [4.69, 9.17) is 4.74 Å². The molecule has 3 nitrogen and oxygen atoms in total. The van der Waals surface area contributed by atoms with Crippen LogP contribution in [0.5, 0.6) is 0 Å². The van der Waals surface area contributed by atoms with Gasteiger partial charge in [0.05, 0.1) is 21.3 Å². The molecule has 0 aromatic heterocycles. The minimum atomic E-state index is -1.20. The van der Waals surface area contributed by atoms with E-state index in [0.717, 1.165) is 12.1 Å². The van der Waals surface area contributed by atoms with Gasteiger partial charge in [0.1, 0.15) is 17.4 Å². The lowest BCUT2D eigenvalue weighted by Gasteiger charge is -2.18. The lowest BCUT2D eigenvalue weighted by atomic mass is 9.92. The van der Waals surface area contributed by atoms with E-state index in [2.05, 4.69) is 15.9 Å². The van der Waals surface area contributed by atoms with E-state index in [0.29, 0.717) is 14.9 Å². The van der Waals surface area contributed by atoms with Gasteiger partial charge in [-0.2, -0.15) is 0 Å². The van der Waals surface area contributed by atoms with Crippen LogP contribution < -0.4 is 0 Å². The Balaban J connectivity index is 2.23. The fourth-order valence-corrected chi connectivity index (χ4v) is 4.43. The van der Waals surface area contributed by atoms with Crippen molar-refractivity contribution in [2.24, 2.45) is 0 Å². The first-order chi connectivity index (χ1) is 12.1. The Morgan fingerprint density at radius 3 is 2.38 bits per heavy atom. The van der Waals surface area contributed by atoms with Crippen molar-refractivity contribution in [1.29, 1.82) is 0 Å².